The summed E-state index contributed by atoms with van der Waals surface area (Å²) in [4.78, 5) is 24.0. The number of aldehydes is 1. The first-order valence-electron chi connectivity index (χ1n) is 6.51. The zero-order valence-electron chi connectivity index (χ0n) is 11.1. The number of ketones is 1. The Morgan fingerprint density at radius 2 is 1.62 bits per heavy atom. The number of carbonyl (C=O) groups excluding carboxylic acids is 2. The van der Waals surface area contributed by atoms with Crippen molar-refractivity contribution in [1.82, 2.24) is 0 Å². The number of hydrogen-bond acceptors (Lipinski definition) is 3. The molecule has 3 aromatic carbocycles. The van der Waals surface area contributed by atoms with Crippen LogP contribution in [0.4, 0.5) is 0 Å². The maximum atomic E-state index is 12.7. The molecule has 0 spiro atoms. The number of phenolic OH excluding ortho intramolecular Hbond substituents is 1. The van der Waals surface area contributed by atoms with Crippen molar-refractivity contribution in [3.05, 3.63) is 77.4 Å². The average Bonchev–Trinajstić information content (AvgIpc) is 2.53. The lowest BCUT2D eigenvalue weighted by Crippen LogP contribution is -2.06. The number of rotatable bonds is 3. The molecule has 0 unspecified atom stereocenters. The first-order valence-corrected chi connectivity index (χ1v) is 6.51. The molecule has 102 valence electrons. The summed E-state index contributed by atoms with van der Waals surface area (Å²) in [6.07, 6.45) is 0.695. The van der Waals surface area contributed by atoms with Gasteiger partial charge in [0.25, 0.3) is 0 Å². The van der Waals surface area contributed by atoms with Crippen molar-refractivity contribution in [3.8, 4) is 5.75 Å². The summed E-state index contributed by atoms with van der Waals surface area (Å²) in [7, 11) is 0. The Bertz CT molecular complexity index is 833. The predicted molar refractivity (Wildman–Crippen MR) is 80.9 cm³/mol. The highest BCUT2D eigenvalue weighted by Crippen LogP contribution is 2.25. The van der Waals surface area contributed by atoms with Crippen molar-refractivity contribution in [1.29, 1.82) is 0 Å². The summed E-state index contributed by atoms with van der Waals surface area (Å²) in [6, 6.07) is 16.9. The van der Waals surface area contributed by atoms with E-state index in [0.717, 1.165) is 10.8 Å². The van der Waals surface area contributed by atoms with E-state index in [4.69, 9.17) is 0 Å². The Hall–Kier alpha value is -2.94. The zero-order valence-corrected chi connectivity index (χ0v) is 11.1. The van der Waals surface area contributed by atoms with Gasteiger partial charge in [0.2, 0.25) is 0 Å². The van der Waals surface area contributed by atoms with Crippen LogP contribution in [0.25, 0.3) is 10.8 Å². The minimum absolute atomic E-state index is 0.0973. The number of benzene rings is 3. The summed E-state index contributed by atoms with van der Waals surface area (Å²) in [5.74, 6) is -0.131. The number of fused-ring (bicyclic) bond motifs is 1. The van der Waals surface area contributed by atoms with Crippen molar-refractivity contribution >= 4 is 22.8 Å². The van der Waals surface area contributed by atoms with Crippen LogP contribution in [0, 0.1) is 0 Å². The number of carbonyl (C=O) groups is 2. The lowest BCUT2D eigenvalue weighted by Gasteiger charge is -2.09. The van der Waals surface area contributed by atoms with E-state index in [0.29, 0.717) is 23.0 Å². The van der Waals surface area contributed by atoms with E-state index in [-0.39, 0.29) is 11.5 Å². The molecule has 0 bridgehead atoms. The molecule has 3 nitrogen and oxygen atoms in total. The third-order valence-electron chi connectivity index (χ3n) is 3.44. The smallest absolute Gasteiger partial charge is 0.194 e. The van der Waals surface area contributed by atoms with Gasteiger partial charge in [0.05, 0.1) is 0 Å². The topological polar surface area (TPSA) is 54.4 Å². The molecule has 0 aromatic heterocycles. The summed E-state index contributed by atoms with van der Waals surface area (Å²) >= 11 is 0. The normalized spacial score (nSPS) is 10.5. The van der Waals surface area contributed by atoms with Gasteiger partial charge in [-0.05, 0) is 35.0 Å². The van der Waals surface area contributed by atoms with Crippen molar-refractivity contribution < 1.29 is 14.7 Å². The second kappa shape index (κ2) is 5.21. The molecule has 0 saturated carbocycles. The summed E-state index contributed by atoms with van der Waals surface area (Å²) in [5, 5.41) is 11.0. The molecule has 0 radical (unpaired) electrons. The van der Waals surface area contributed by atoms with Gasteiger partial charge in [0.15, 0.2) is 12.1 Å². The van der Waals surface area contributed by atoms with Crippen LogP contribution in [0.15, 0.2) is 60.7 Å². The summed E-state index contributed by atoms with van der Waals surface area (Å²) in [6.45, 7) is 0. The van der Waals surface area contributed by atoms with E-state index in [9.17, 15) is 14.7 Å². The second-order valence-corrected chi connectivity index (χ2v) is 4.74. The fourth-order valence-corrected chi connectivity index (χ4v) is 2.40. The lowest BCUT2D eigenvalue weighted by atomic mass is 9.93. The van der Waals surface area contributed by atoms with E-state index >= 15 is 0 Å². The SMILES string of the molecule is O=Cc1ccc2ccccc2c1C(=O)c1ccc(O)cc1. The molecule has 3 aromatic rings. The molecule has 0 atom stereocenters. The molecular formula is C18H12O3. The van der Waals surface area contributed by atoms with E-state index in [1.54, 1.807) is 18.2 Å². The van der Waals surface area contributed by atoms with Gasteiger partial charge in [0, 0.05) is 16.7 Å². The van der Waals surface area contributed by atoms with Gasteiger partial charge in [-0.25, -0.2) is 0 Å². The average molecular weight is 276 g/mol. The van der Waals surface area contributed by atoms with Crippen molar-refractivity contribution in [3.63, 3.8) is 0 Å². The molecule has 0 heterocycles. The fourth-order valence-electron chi connectivity index (χ4n) is 2.40. The molecular weight excluding hydrogens is 264 g/mol. The molecule has 3 rings (SSSR count). The van der Waals surface area contributed by atoms with Crippen molar-refractivity contribution in [2.24, 2.45) is 0 Å². The van der Waals surface area contributed by atoms with Gasteiger partial charge >= 0.3 is 0 Å². The van der Waals surface area contributed by atoms with Crippen LogP contribution in [0.3, 0.4) is 0 Å². The Morgan fingerprint density at radius 3 is 2.33 bits per heavy atom. The van der Waals surface area contributed by atoms with Crippen LogP contribution >= 0.6 is 0 Å². The highest BCUT2D eigenvalue weighted by molar-refractivity contribution is 6.20. The highest BCUT2D eigenvalue weighted by Gasteiger charge is 2.16. The second-order valence-electron chi connectivity index (χ2n) is 4.74. The van der Waals surface area contributed by atoms with Crippen LogP contribution in [0.2, 0.25) is 0 Å². The van der Waals surface area contributed by atoms with Crippen molar-refractivity contribution in [2.75, 3.05) is 0 Å². The van der Waals surface area contributed by atoms with Gasteiger partial charge in [0.1, 0.15) is 5.75 Å². The maximum absolute atomic E-state index is 12.7. The van der Waals surface area contributed by atoms with Crippen LogP contribution in [-0.2, 0) is 0 Å². The molecule has 0 aliphatic heterocycles. The minimum atomic E-state index is -0.228. The third kappa shape index (κ3) is 2.30. The largest absolute Gasteiger partial charge is 0.508 e. The first-order chi connectivity index (χ1) is 10.2. The van der Waals surface area contributed by atoms with E-state index in [1.165, 1.54) is 12.1 Å². The van der Waals surface area contributed by atoms with Gasteiger partial charge in [-0.2, -0.15) is 0 Å². The third-order valence-corrected chi connectivity index (χ3v) is 3.44. The number of hydrogen-bond donors (Lipinski definition) is 1. The van der Waals surface area contributed by atoms with Crippen LogP contribution in [0.5, 0.6) is 5.75 Å². The quantitative estimate of drug-likeness (QED) is 0.587. The molecule has 0 fully saturated rings. The van der Waals surface area contributed by atoms with Crippen LogP contribution in [0.1, 0.15) is 26.3 Å². The molecule has 0 saturated heterocycles. The van der Waals surface area contributed by atoms with E-state index in [1.807, 2.05) is 30.3 Å². The minimum Gasteiger partial charge on any atom is -0.508 e. The molecule has 0 aliphatic rings. The van der Waals surface area contributed by atoms with Gasteiger partial charge in [-0.15, -0.1) is 0 Å². The first kappa shape index (κ1) is 13.1. The Labute approximate surface area is 121 Å². The predicted octanol–water partition coefficient (Wildman–Crippen LogP) is 3.59. The molecule has 21 heavy (non-hydrogen) atoms. The molecule has 3 heteroatoms. The standard InChI is InChI=1S/C18H12O3/c19-11-14-6-5-12-3-1-2-4-16(12)17(14)18(21)13-7-9-15(20)10-8-13/h1-11,20H. The Morgan fingerprint density at radius 1 is 0.905 bits per heavy atom. The Balaban J connectivity index is 2.25. The lowest BCUT2D eigenvalue weighted by molar-refractivity contribution is 0.103. The fraction of sp³-hybridized carbons (Fsp3) is 0. The van der Waals surface area contributed by atoms with Crippen LogP contribution < -0.4 is 0 Å². The van der Waals surface area contributed by atoms with Gasteiger partial charge in [-0.3, -0.25) is 9.59 Å². The number of phenols is 1. The summed E-state index contributed by atoms with van der Waals surface area (Å²) in [5.41, 5.74) is 1.20. The number of aromatic hydroxyl groups is 1. The van der Waals surface area contributed by atoms with Crippen molar-refractivity contribution in [2.45, 2.75) is 0 Å². The van der Waals surface area contributed by atoms with Crippen LogP contribution in [-0.4, -0.2) is 17.2 Å². The monoisotopic (exact) mass is 276 g/mol. The van der Waals surface area contributed by atoms with Gasteiger partial charge in [-0.1, -0.05) is 36.4 Å². The summed E-state index contributed by atoms with van der Waals surface area (Å²) < 4.78 is 0. The Kier molecular flexibility index (Phi) is 3.24. The molecule has 0 amide bonds. The van der Waals surface area contributed by atoms with E-state index < -0.39 is 0 Å². The molecule has 0 aliphatic carbocycles. The van der Waals surface area contributed by atoms with E-state index in [2.05, 4.69) is 0 Å². The molecule has 1 N–H and O–H groups in total. The van der Waals surface area contributed by atoms with Gasteiger partial charge < -0.3 is 5.11 Å². The zero-order chi connectivity index (χ0) is 14.8. The highest BCUT2D eigenvalue weighted by atomic mass is 16.3. The maximum Gasteiger partial charge on any atom is 0.194 e.